The Balaban J connectivity index is 1.73. The second-order valence-corrected chi connectivity index (χ2v) is 5.93. The molecule has 20 heavy (non-hydrogen) atoms. The minimum atomic E-state index is -0.321. The molecule has 0 radical (unpaired) electrons. The number of benzene rings is 1. The van der Waals surface area contributed by atoms with E-state index in [9.17, 15) is 9.18 Å². The topological polar surface area (TPSA) is 32.3 Å². The average Bonchev–Trinajstić information content (AvgIpc) is 3.21. The van der Waals surface area contributed by atoms with Crippen molar-refractivity contribution in [3.63, 3.8) is 0 Å². The highest BCUT2D eigenvalue weighted by Gasteiger charge is 2.37. The third kappa shape index (κ3) is 2.70. The zero-order valence-corrected chi connectivity index (χ0v) is 11.8. The van der Waals surface area contributed by atoms with Gasteiger partial charge in [0.2, 0.25) is 5.91 Å². The molecule has 1 aromatic carbocycles. The fourth-order valence-corrected chi connectivity index (χ4v) is 2.92. The SMILES string of the molecule is CC1NC(c2ccccc2F)N(CCCC2CC2)C1=O. The molecular formula is C16H21FN2O. The molecule has 3 rings (SSSR count). The first-order valence-corrected chi connectivity index (χ1v) is 7.48. The standard InChI is InChI=1S/C16H21FN2O/c1-11-16(20)19(10-4-5-12-8-9-12)15(18-11)13-6-2-3-7-14(13)17/h2-3,6-7,11-12,15,18H,4-5,8-10H2,1H3. The average molecular weight is 276 g/mol. The Bertz CT molecular complexity index is 501. The summed E-state index contributed by atoms with van der Waals surface area (Å²) in [6.45, 7) is 2.56. The molecule has 4 heteroatoms. The minimum Gasteiger partial charge on any atom is -0.321 e. The van der Waals surface area contributed by atoms with Gasteiger partial charge in [-0.1, -0.05) is 31.0 Å². The van der Waals surface area contributed by atoms with E-state index in [-0.39, 0.29) is 23.9 Å². The van der Waals surface area contributed by atoms with Crippen LogP contribution in [0.3, 0.4) is 0 Å². The fourth-order valence-electron chi connectivity index (χ4n) is 2.92. The number of hydrogen-bond acceptors (Lipinski definition) is 2. The highest BCUT2D eigenvalue weighted by Crippen LogP contribution is 2.34. The number of nitrogens with zero attached hydrogens (tertiary/aromatic N) is 1. The van der Waals surface area contributed by atoms with E-state index in [1.807, 2.05) is 13.0 Å². The van der Waals surface area contributed by atoms with Gasteiger partial charge in [-0.3, -0.25) is 10.1 Å². The van der Waals surface area contributed by atoms with Crippen molar-refractivity contribution in [3.05, 3.63) is 35.6 Å². The van der Waals surface area contributed by atoms with Gasteiger partial charge in [-0.05, 0) is 31.7 Å². The van der Waals surface area contributed by atoms with E-state index in [2.05, 4.69) is 5.32 Å². The molecule has 2 fully saturated rings. The molecule has 3 nitrogen and oxygen atoms in total. The van der Waals surface area contributed by atoms with Crippen molar-refractivity contribution >= 4 is 5.91 Å². The fraction of sp³-hybridized carbons (Fsp3) is 0.562. The first kappa shape index (κ1) is 13.6. The molecular weight excluding hydrogens is 255 g/mol. The molecule has 0 bridgehead atoms. The van der Waals surface area contributed by atoms with Gasteiger partial charge < -0.3 is 4.90 Å². The molecule has 1 saturated carbocycles. The molecule has 0 aromatic heterocycles. The Labute approximate surface area is 119 Å². The van der Waals surface area contributed by atoms with Gasteiger partial charge in [0.15, 0.2) is 0 Å². The van der Waals surface area contributed by atoms with Crippen molar-refractivity contribution in [2.24, 2.45) is 5.92 Å². The largest absolute Gasteiger partial charge is 0.321 e. The monoisotopic (exact) mass is 276 g/mol. The summed E-state index contributed by atoms with van der Waals surface area (Å²) in [7, 11) is 0. The number of carbonyl (C=O) groups is 1. The molecule has 108 valence electrons. The van der Waals surface area contributed by atoms with Gasteiger partial charge in [-0.25, -0.2) is 4.39 Å². The van der Waals surface area contributed by atoms with E-state index in [4.69, 9.17) is 0 Å². The quantitative estimate of drug-likeness (QED) is 0.897. The first-order chi connectivity index (χ1) is 9.66. The smallest absolute Gasteiger partial charge is 0.241 e. The molecule has 1 amide bonds. The predicted octanol–water partition coefficient (Wildman–Crippen LogP) is 2.83. The number of halogens is 1. The van der Waals surface area contributed by atoms with E-state index in [1.54, 1.807) is 17.0 Å². The van der Waals surface area contributed by atoms with Crippen LogP contribution in [0.15, 0.2) is 24.3 Å². The Hall–Kier alpha value is -1.42. The van der Waals surface area contributed by atoms with Crippen LogP contribution in [0.1, 0.15) is 44.3 Å². The maximum Gasteiger partial charge on any atom is 0.241 e. The van der Waals surface area contributed by atoms with Gasteiger partial charge in [0.05, 0.1) is 6.04 Å². The molecule has 1 aromatic rings. The van der Waals surface area contributed by atoms with Crippen LogP contribution in [0.5, 0.6) is 0 Å². The summed E-state index contributed by atoms with van der Waals surface area (Å²) in [5, 5.41) is 3.20. The van der Waals surface area contributed by atoms with Crippen LogP contribution in [0.4, 0.5) is 4.39 Å². The number of hydrogen-bond donors (Lipinski definition) is 1. The third-order valence-electron chi connectivity index (χ3n) is 4.28. The highest BCUT2D eigenvalue weighted by molar-refractivity contribution is 5.84. The lowest BCUT2D eigenvalue weighted by Gasteiger charge is -2.25. The van der Waals surface area contributed by atoms with Crippen LogP contribution in [0, 0.1) is 11.7 Å². The Kier molecular flexibility index (Phi) is 3.74. The molecule has 0 spiro atoms. The lowest BCUT2D eigenvalue weighted by atomic mass is 10.1. The van der Waals surface area contributed by atoms with Crippen molar-refractivity contribution in [1.82, 2.24) is 10.2 Å². The maximum atomic E-state index is 14.0. The van der Waals surface area contributed by atoms with Gasteiger partial charge in [-0.15, -0.1) is 0 Å². The molecule has 2 atom stereocenters. The number of nitrogens with one attached hydrogen (secondary N) is 1. The van der Waals surface area contributed by atoms with Gasteiger partial charge in [0, 0.05) is 12.1 Å². The van der Waals surface area contributed by atoms with Gasteiger partial charge >= 0.3 is 0 Å². The van der Waals surface area contributed by atoms with Crippen LogP contribution in [-0.4, -0.2) is 23.4 Å². The summed E-state index contributed by atoms with van der Waals surface area (Å²) in [5.41, 5.74) is 0.566. The molecule has 1 aliphatic carbocycles. The van der Waals surface area contributed by atoms with E-state index < -0.39 is 0 Å². The minimum absolute atomic E-state index is 0.0778. The summed E-state index contributed by atoms with van der Waals surface area (Å²) in [5.74, 6) is 0.693. The number of amides is 1. The second-order valence-electron chi connectivity index (χ2n) is 5.93. The van der Waals surface area contributed by atoms with Gasteiger partial charge in [0.1, 0.15) is 12.0 Å². The molecule has 2 aliphatic rings. The summed E-state index contributed by atoms with van der Waals surface area (Å²) in [6.07, 6.45) is 4.54. The van der Waals surface area contributed by atoms with Crippen LogP contribution in [0.2, 0.25) is 0 Å². The summed E-state index contributed by atoms with van der Waals surface area (Å²) < 4.78 is 14.0. The van der Waals surface area contributed by atoms with Crippen molar-refractivity contribution in [3.8, 4) is 0 Å². The second kappa shape index (κ2) is 5.52. The summed E-state index contributed by atoms with van der Waals surface area (Å²) in [4.78, 5) is 14.0. The third-order valence-corrected chi connectivity index (χ3v) is 4.28. The highest BCUT2D eigenvalue weighted by atomic mass is 19.1. The molecule has 1 aliphatic heterocycles. The van der Waals surface area contributed by atoms with Crippen LogP contribution < -0.4 is 5.32 Å². The zero-order chi connectivity index (χ0) is 14.1. The van der Waals surface area contributed by atoms with Crippen molar-refractivity contribution < 1.29 is 9.18 Å². The summed E-state index contributed by atoms with van der Waals surface area (Å²) in [6, 6.07) is 6.46. The Morgan fingerprint density at radius 1 is 1.35 bits per heavy atom. The molecule has 2 unspecified atom stereocenters. The Morgan fingerprint density at radius 3 is 2.80 bits per heavy atom. The zero-order valence-electron chi connectivity index (χ0n) is 11.8. The molecule has 1 N–H and O–H groups in total. The maximum absolute atomic E-state index is 14.0. The predicted molar refractivity (Wildman–Crippen MR) is 75.4 cm³/mol. The van der Waals surface area contributed by atoms with Crippen LogP contribution in [0.25, 0.3) is 0 Å². The van der Waals surface area contributed by atoms with E-state index >= 15 is 0 Å². The van der Waals surface area contributed by atoms with Crippen LogP contribution in [-0.2, 0) is 4.79 Å². The van der Waals surface area contributed by atoms with Crippen molar-refractivity contribution in [1.29, 1.82) is 0 Å². The van der Waals surface area contributed by atoms with Gasteiger partial charge in [0.25, 0.3) is 0 Å². The summed E-state index contributed by atoms with van der Waals surface area (Å²) >= 11 is 0. The van der Waals surface area contributed by atoms with Crippen molar-refractivity contribution in [2.45, 2.75) is 44.8 Å². The van der Waals surface area contributed by atoms with E-state index in [0.29, 0.717) is 12.1 Å². The normalized spacial score (nSPS) is 26.3. The van der Waals surface area contributed by atoms with E-state index in [1.165, 1.54) is 25.3 Å². The van der Waals surface area contributed by atoms with Crippen molar-refractivity contribution in [2.75, 3.05) is 6.54 Å². The Morgan fingerprint density at radius 2 is 2.10 bits per heavy atom. The lowest BCUT2D eigenvalue weighted by molar-refractivity contribution is -0.129. The molecule has 1 saturated heterocycles. The first-order valence-electron chi connectivity index (χ1n) is 7.48. The number of carbonyl (C=O) groups excluding carboxylic acids is 1. The van der Waals surface area contributed by atoms with E-state index in [0.717, 1.165) is 12.3 Å². The number of rotatable bonds is 5. The van der Waals surface area contributed by atoms with Gasteiger partial charge in [-0.2, -0.15) is 0 Å². The van der Waals surface area contributed by atoms with Crippen LogP contribution >= 0.6 is 0 Å². The molecule has 1 heterocycles. The lowest BCUT2D eigenvalue weighted by Crippen LogP contribution is -2.32.